The van der Waals surface area contributed by atoms with Crippen LogP contribution in [-0.4, -0.2) is 17.3 Å². The number of nitrogen functional groups attached to an aromatic ring is 1. The number of thiophene rings is 1. The Balaban J connectivity index is 2.03. The van der Waals surface area contributed by atoms with Gasteiger partial charge in [-0.1, -0.05) is 17.3 Å². The zero-order valence-corrected chi connectivity index (χ0v) is 11.0. The molecule has 19 heavy (non-hydrogen) atoms. The van der Waals surface area contributed by atoms with Crippen molar-refractivity contribution < 1.29 is 9.26 Å². The monoisotopic (exact) mass is 273 g/mol. The van der Waals surface area contributed by atoms with Crippen LogP contribution >= 0.6 is 11.3 Å². The molecule has 2 N–H and O–H groups in total. The van der Waals surface area contributed by atoms with Crippen LogP contribution in [-0.2, 0) is 0 Å². The molecule has 3 rings (SSSR count). The molecule has 0 amide bonds. The summed E-state index contributed by atoms with van der Waals surface area (Å²) in [6, 6.07) is 9.27. The van der Waals surface area contributed by atoms with Crippen molar-refractivity contribution in [3.8, 4) is 27.9 Å². The highest BCUT2D eigenvalue weighted by molar-refractivity contribution is 7.13. The van der Waals surface area contributed by atoms with Crippen molar-refractivity contribution in [3.05, 3.63) is 35.7 Å². The van der Waals surface area contributed by atoms with Crippen molar-refractivity contribution >= 4 is 17.0 Å². The Morgan fingerprint density at radius 2 is 2.11 bits per heavy atom. The van der Waals surface area contributed by atoms with E-state index in [9.17, 15) is 0 Å². The fourth-order valence-corrected chi connectivity index (χ4v) is 2.52. The largest absolute Gasteiger partial charge is 0.495 e. The minimum absolute atomic E-state index is 0.435. The van der Waals surface area contributed by atoms with Gasteiger partial charge in [0.25, 0.3) is 5.89 Å². The molecule has 0 unspecified atom stereocenters. The van der Waals surface area contributed by atoms with E-state index < -0.39 is 0 Å². The molecular formula is C13H11N3O2S. The van der Waals surface area contributed by atoms with Crippen molar-refractivity contribution in [3.63, 3.8) is 0 Å². The van der Waals surface area contributed by atoms with Gasteiger partial charge in [0.15, 0.2) is 0 Å². The smallest absolute Gasteiger partial charge is 0.272 e. The van der Waals surface area contributed by atoms with Gasteiger partial charge in [0.2, 0.25) is 5.82 Å². The van der Waals surface area contributed by atoms with E-state index in [1.165, 1.54) is 11.3 Å². The Bertz CT molecular complexity index is 705. The highest BCUT2D eigenvalue weighted by Crippen LogP contribution is 2.35. The quantitative estimate of drug-likeness (QED) is 0.742. The molecule has 0 aliphatic heterocycles. The maximum atomic E-state index is 5.89. The van der Waals surface area contributed by atoms with Crippen molar-refractivity contribution in [1.82, 2.24) is 10.1 Å². The fourth-order valence-electron chi connectivity index (χ4n) is 1.74. The second kappa shape index (κ2) is 4.74. The van der Waals surface area contributed by atoms with Gasteiger partial charge in [0.1, 0.15) is 10.6 Å². The third-order valence-electron chi connectivity index (χ3n) is 2.67. The standard InChI is InChI=1S/C13H11N3O2S/c1-17-10-6-7-19-11(10)13-15-12(16-18-13)8-4-2-3-5-9(8)14/h2-7H,14H2,1H3. The first-order valence-electron chi connectivity index (χ1n) is 5.60. The Kier molecular flexibility index (Phi) is 2.92. The van der Waals surface area contributed by atoms with Gasteiger partial charge in [-0.15, -0.1) is 11.3 Å². The lowest BCUT2D eigenvalue weighted by Crippen LogP contribution is -1.90. The van der Waals surface area contributed by atoms with Crippen LogP contribution in [0.2, 0.25) is 0 Å². The molecule has 2 heterocycles. The Labute approximate surface area is 113 Å². The molecule has 0 aliphatic rings. The van der Waals surface area contributed by atoms with E-state index in [1.807, 2.05) is 29.6 Å². The number of para-hydroxylation sites is 1. The van der Waals surface area contributed by atoms with E-state index >= 15 is 0 Å². The van der Waals surface area contributed by atoms with Gasteiger partial charge >= 0.3 is 0 Å². The summed E-state index contributed by atoms with van der Waals surface area (Å²) in [6.45, 7) is 0. The van der Waals surface area contributed by atoms with Crippen LogP contribution in [0, 0.1) is 0 Å². The Morgan fingerprint density at radius 1 is 1.26 bits per heavy atom. The molecule has 0 radical (unpaired) electrons. The third-order valence-corrected chi connectivity index (χ3v) is 3.55. The van der Waals surface area contributed by atoms with E-state index in [4.69, 9.17) is 15.0 Å². The molecule has 2 aromatic heterocycles. The van der Waals surface area contributed by atoms with Crippen molar-refractivity contribution in [1.29, 1.82) is 0 Å². The maximum absolute atomic E-state index is 5.89. The van der Waals surface area contributed by atoms with Crippen molar-refractivity contribution in [2.75, 3.05) is 12.8 Å². The summed E-state index contributed by atoms with van der Waals surface area (Å²) in [4.78, 5) is 5.18. The fraction of sp³-hybridized carbons (Fsp3) is 0.0769. The zero-order chi connectivity index (χ0) is 13.2. The first kappa shape index (κ1) is 11.7. The summed E-state index contributed by atoms with van der Waals surface area (Å²) in [7, 11) is 1.61. The lowest BCUT2D eigenvalue weighted by Gasteiger charge is -1.98. The van der Waals surface area contributed by atoms with Gasteiger partial charge in [-0.25, -0.2) is 0 Å². The molecule has 6 heteroatoms. The van der Waals surface area contributed by atoms with Crippen LogP contribution in [0.4, 0.5) is 5.69 Å². The minimum atomic E-state index is 0.435. The second-order valence-corrected chi connectivity index (χ2v) is 4.74. The molecule has 1 aromatic carbocycles. The number of hydrogen-bond donors (Lipinski definition) is 1. The number of aromatic nitrogens is 2. The molecule has 0 spiro atoms. The van der Waals surface area contributed by atoms with Crippen molar-refractivity contribution in [2.24, 2.45) is 0 Å². The third kappa shape index (κ3) is 2.06. The average molecular weight is 273 g/mol. The summed E-state index contributed by atoms with van der Waals surface area (Å²) >= 11 is 1.49. The molecule has 5 nitrogen and oxygen atoms in total. The summed E-state index contributed by atoms with van der Waals surface area (Å²) in [5.74, 6) is 1.63. The number of hydrogen-bond acceptors (Lipinski definition) is 6. The first-order valence-corrected chi connectivity index (χ1v) is 6.48. The average Bonchev–Trinajstić information content (AvgIpc) is 3.07. The number of rotatable bonds is 3. The summed E-state index contributed by atoms with van der Waals surface area (Å²) in [6.07, 6.45) is 0. The summed E-state index contributed by atoms with van der Waals surface area (Å²) < 4.78 is 10.5. The Hall–Kier alpha value is -2.34. The Morgan fingerprint density at radius 3 is 2.89 bits per heavy atom. The molecule has 0 saturated heterocycles. The number of anilines is 1. The molecule has 0 fully saturated rings. The van der Waals surface area contributed by atoms with Crippen LogP contribution in [0.1, 0.15) is 0 Å². The molecule has 0 saturated carbocycles. The van der Waals surface area contributed by atoms with Gasteiger partial charge in [-0.05, 0) is 23.6 Å². The molecule has 0 atom stereocenters. The minimum Gasteiger partial charge on any atom is -0.495 e. The highest BCUT2D eigenvalue weighted by Gasteiger charge is 2.16. The van der Waals surface area contributed by atoms with Crippen LogP contribution < -0.4 is 10.5 Å². The van der Waals surface area contributed by atoms with Gasteiger partial charge < -0.3 is 15.0 Å². The molecular weight excluding hydrogens is 262 g/mol. The van der Waals surface area contributed by atoms with E-state index in [0.717, 1.165) is 16.2 Å². The normalized spacial score (nSPS) is 10.6. The number of methoxy groups -OCH3 is 1. The van der Waals surface area contributed by atoms with Crippen LogP contribution in [0.15, 0.2) is 40.2 Å². The molecule has 3 aromatic rings. The van der Waals surface area contributed by atoms with E-state index in [2.05, 4.69) is 10.1 Å². The molecule has 96 valence electrons. The summed E-state index contributed by atoms with van der Waals surface area (Å²) in [5, 5.41) is 5.88. The van der Waals surface area contributed by atoms with Gasteiger partial charge in [0.05, 0.1) is 7.11 Å². The molecule has 0 bridgehead atoms. The zero-order valence-electron chi connectivity index (χ0n) is 10.2. The van der Waals surface area contributed by atoms with Gasteiger partial charge in [-0.2, -0.15) is 4.98 Å². The number of benzene rings is 1. The summed E-state index contributed by atoms with van der Waals surface area (Å²) in [5.41, 5.74) is 7.27. The van der Waals surface area contributed by atoms with Gasteiger partial charge in [-0.3, -0.25) is 0 Å². The predicted octanol–water partition coefficient (Wildman–Crippen LogP) is 3.06. The number of nitrogens with two attached hydrogens (primary N) is 1. The van der Waals surface area contributed by atoms with E-state index in [0.29, 0.717) is 17.4 Å². The van der Waals surface area contributed by atoms with Crippen LogP contribution in [0.25, 0.3) is 22.2 Å². The SMILES string of the molecule is COc1ccsc1-c1nc(-c2ccccc2N)no1. The number of ether oxygens (including phenoxy) is 1. The van der Waals surface area contributed by atoms with E-state index in [-0.39, 0.29) is 0 Å². The lowest BCUT2D eigenvalue weighted by atomic mass is 10.2. The maximum Gasteiger partial charge on any atom is 0.272 e. The molecule has 0 aliphatic carbocycles. The number of nitrogens with zero attached hydrogens (tertiary/aromatic N) is 2. The van der Waals surface area contributed by atoms with Gasteiger partial charge in [0, 0.05) is 11.3 Å². The van der Waals surface area contributed by atoms with Crippen LogP contribution in [0.3, 0.4) is 0 Å². The van der Waals surface area contributed by atoms with Crippen molar-refractivity contribution in [2.45, 2.75) is 0 Å². The predicted molar refractivity (Wildman–Crippen MR) is 74.0 cm³/mol. The topological polar surface area (TPSA) is 74.2 Å². The lowest BCUT2D eigenvalue weighted by molar-refractivity contribution is 0.408. The second-order valence-electron chi connectivity index (χ2n) is 3.83. The first-order chi connectivity index (χ1) is 9.29. The van der Waals surface area contributed by atoms with Crippen LogP contribution in [0.5, 0.6) is 5.75 Å². The highest BCUT2D eigenvalue weighted by atomic mass is 32.1. The van der Waals surface area contributed by atoms with E-state index in [1.54, 1.807) is 13.2 Å².